The van der Waals surface area contributed by atoms with E-state index in [0.717, 1.165) is 13.1 Å². The van der Waals surface area contributed by atoms with Gasteiger partial charge in [0.15, 0.2) is 0 Å². The Kier molecular flexibility index (Phi) is 3.82. The number of hydrogen-bond donors (Lipinski definition) is 2. The van der Waals surface area contributed by atoms with Crippen LogP contribution in [0.5, 0.6) is 0 Å². The molecule has 2 saturated heterocycles. The van der Waals surface area contributed by atoms with Crippen LogP contribution < -0.4 is 10.6 Å². The van der Waals surface area contributed by atoms with Gasteiger partial charge in [-0.05, 0) is 43.6 Å². The summed E-state index contributed by atoms with van der Waals surface area (Å²) in [4.78, 5) is 26.0. The first-order chi connectivity index (χ1) is 10.0. The SMILES string of the molecule is O=C1NC2(CCNCC2)C(=O)N1Cc1ccc(Cl)cc1Cl. The van der Waals surface area contributed by atoms with Crippen LogP contribution in [0.25, 0.3) is 0 Å². The molecule has 2 N–H and O–H groups in total. The zero-order valence-corrected chi connectivity index (χ0v) is 12.8. The van der Waals surface area contributed by atoms with Crippen LogP contribution in [0.1, 0.15) is 18.4 Å². The molecule has 0 aliphatic carbocycles. The molecule has 7 heteroatoms. The van der Waals surface area contributed by atoms with Crippen LogP contribution in [0.15, 0.2) is 18.2 Å². The Balaban J connectivity index is 1.82. The van der Waals surface area contributed by atoms with Crippen molar-refractivity contribution in [1.82, 2.24) is 15.5 Å². The summed E-state index contributed by atoms with van der Waals surface area (Å²) in [7, 11) is 0. The van der Waals surface area contributed by atoms with Crippen LogP contribution in [0, 0.1) is 0 Å². The van der Waals surface area contributed by atoms with Crippen molar-refractivity contribution >= 4 is 35.1 Å². The highest BCUT2D eigenvalue weighted by molar-refractivity contribution is 6.35. The maximum absolute atomic E-state index is 12.6. The number of amides is 3. The van der Waals surface area contributed by atoms with Gasteiger partial charge in [-0.3, -0.25) is 9.69 Å². The monoisotopic (exact) mass is 327 g/mol. The van der Waals surface area contributed by atoms with Crippen molar-refractivity contribution in [3.8, 4) is 0 Å². The molecule has 5 nitrogen and oxygen atoms in total. The average Bonchev–Trinajstić information content (AvgIpc) is 2.67. The second-order valence-corrected chi connectivity index (χ2v) is 6.23. The molecule has 112 valence electrons. The molecule has 3 rings (SSSR count). The summed E-state index contributed by atoms with van der Waals surface area (Å²) in [6.07, 6.45) is 1.23. The highest BCUT2D eigenvalue weighted by Gasteiger charge is 2.51. The van der Waals surface area contributed by atoms with Gasteiger partial charge in [0.25, 0.3) is 5.91 Å². The van der Waals surface area contributed by atoms with Crippen molar-refractivity contribution < 1.29 is 9.59 Å². The Morgan fingerprint density at radius 1 is 1.19 bits per heavy atom. The van der Waals surface area contributed by atoms with Gasteiger partial charge in [0.1, 0.15) is 5.54 Å². The van der Waals surface area contributed by atoms with Gasteiger partial charge in [-0.25, -0.2) is 4.79 Å². The van der Waals surface area contributed by atoms with E-state index in [1.807, 2.05) is 0 Å². The highest BCUT2D eigenvalue weighted by atomic mass is 35.5. The van der Waals surface area contributed by atoms with E-state index in [9.17, 15) is 9.59 Å². The lowest BCUT2D eigenvalue weighted by atomic mass is 9.88. The number of nitrogens with zero attached hydrogens (tertiary/aromatic N) is 1. The zero-order valence-electron chi connectivity index (χ0n) is 11.3. The maximum atomic E-state index is 12.6. The fourth-order valence-corrected chi connectivity index (χ4v) is 3.30. The van der Waals surface area contributed by atoms with E-state index in [4.69, 9.17) is 23.2 Å². The minimum absolute atomic E-state index is 0.163. The average molecular weight is 328 g/mol. The quantitative estimate of drug-likeness (QED) is 0.818. The van der Waals surface area contributed by atoms with Crippen LogP contribution in [0.3, 0.4) is 0 Å². The Labute approximate surface area is 132 Å². The molecule has 0 aromatic heterocycles. The topological polar surface area (TPSA) is 61.4 Å². The number of rotatable bonds is 2. The smallest absolute Gasteiger partial charge is 0.323 e. The first-order valence-electron chi connectivity index (χ1n) is 6.81. The Hall–Kier alpha value is -1.30. The zero-order chi connectivity index (χ0) is 15.0. The second-order valence-electron chi connectivity index (χ2n) is 5.39. The summed E-state index contributed by atoms with van der Waals surface area (Å²) in [6, 6.07) is 4.69. The van der Waals surface area contributed by atoms with Gasteiger partial charge in [0.2, 0.25) is 0 Å². The lowest BCUT2D eigenvalue weighted by Gasteiger charge is -2.31. The normalized spacial score (nSPS) is 21.0. The summed E-state index contributed by atoms with van der Waals surface area (Å²) in [5.41, 5.74) is -0.0446. The van der Waals surface area contributed by atoms with E-state index in [0.29, 0.717) is 28.5 Å². The van der Waals surface area contributed by atoms with Gasteiger partial charge in [-0.1, -0.05) is 29.3 Å². The second kappa shape index (κ2) is 5.48. The molecule has 2 aliphatic heterocycles. The van der Waals surface area contributed by atoms with Crippen molar-refractivity contribution in [1.29, 1.82) is 0 Å². The highest BCUT2D eigenvalue weighted by Crippen LogP contribution is 2.29. The lowest BCUT2D eigenvalue weighted by molar-refractivity contribution is -0.132. The molecular weight excluding hydrogens is 313 g/mol. The number of carbonyl (C=O) groups excluding carboxylic acids is 2. The maximum Gasteiger partial charge on any atom is 0.325 e. The van der Waals surface area contributed by atoms with Crippen molar-refractivity contribution in [2.75, 3.05) is 13.1 Å². The minimum Gasteiger partial charge on any atom is -0.323 e. The number of carbonyl (C=O) groups is 2. The van der Waals surface area contributed by atoms with Gasteiger partial charge >= 0.3 is 6.03 Å². The first kappa shape index (κ1) is 14.6. The number of halogens is 2. The summed E-state index contributed by atoms with van der Waals surface area (Å²) < 4.78 is 0. The van der Waals surface area contributed by atoms with E-state index in [1.165, 1.54) is 4.90 Å². The molecule has 21 heavy (non-hydrogen) atoms. The standard InChI is InChI=1S/C14H15Cl2N3O2/c15-10-2-1-9(11(16)7-10)8-19-12(20)14(18-13(19)21)3-5-17-6-4-14/h1-2,7,17H,3-6,8H2,(H,18,21). The number of benzene rings is 1. The summed E-state index contributed by atoms with van der Waals surface area (Å²) in [6.45, 7) is 1.61. The molecule has 1 spiro atoms. The van der Waals surface area contributed by atoms with Crippen LogP contribution in [-0.4, -0.2) is 35.5 Å². The predicted molar refractivity (Wildman–Crippen MR) is 80.4 cm³/mol. The van der Waals surface area contributed by atoms with Gasteiger partial charge < -0.3 is 10.6 Å². The molecule has 0 bridgehead atoms. The Morgan fingerprint density at radius 3 is 2.57 bits per heavy atom. The number of imide groups is 1. The van der Waals surface area contributed by atoms with E-state index in [2.05, 4.69) is 10.6 Å². The molecule has 1 aromatic carbocycles. The minimum atomic E-state index is -0.749. The van der Waals surface area contributed by atoms with Gasteiger partial charge in [0, 0.05) is 10.0 Å². The first-order valence-corrected chi connectivity index (χ1v) is 7.56. The molecule has 0 saturated carbocycles. The number of piperidine rings is 1. The third-order valence-electron chi connectivity index (χ3n) is 4.05. The molecule has 2 heterocycles. The number of nitrogens with one attached hydrogen (secondary N) is 2. The molecule has 0 radical (unpaired) electrons. The predicted octanol–water partition coefficient (Wildman–Crippen LogP) is 2.17. The molecule has 3 amide bonds. The largest absolute Gasteiger partial charge is 0.325 e. The Bertz CT molecular complexity index is 600. The lowest BCUT2D eigenvalue weighted by Crippen LogP contribution is -2.53. The van der Waals surface area contributed by atoms with Crippen molar-refractivity contribution in [2.24, 2.45) is 0 Å². The summed E-state index contributed by atoms with van der Waals surface area (Å²) in [5.74, 6) is -0.167. The van der Waals surface area contributed by atoms with Crippen molar-refractivity contribution in [3.05, 3.63) is 33.8 Å². The van der Waals surface area contributed by atoms with Gasteiger partial charge in [-0.2, -0.15) is 0 Å². The summed E-state index contributed by atoms with van der Waals surface area (Å²) in [5, 5.41) is 7.02. The van der Waals surface area contributed by atoms with E-state index in [1.54, 1.807) is 18.2 Å². The Morgan fingerprint density at radius 2 is 1.90 bits per heavy atom. The van der Waals surface area contributed by atoms with Crippen molar-refractivity contribution in [3.63, 3.8) is 0 Å². The number of urea groups is 1. The fraction of sp³-hybridized carbons (Fsp3) is 0.429. The van der Waals surface area contributed by atoms with Gasteiger partial charge in [-0.15, -0.1) is 0 Å². The molecule has 0 atom stereocenters. The van der Waals surface area contributed by atoms with Crippen molar-refractivity contribution in [2.45, 2.75) is 24.9 Å². The summed E-state index contributed by atoms with van der Waals surface area (Å²) >= 11 is 12.0. The van der Waals surface area contributed by atoms with Gasteiger partial charge in [0.05, 0.1) is 6.54 Å². The van der Waals surface area contributed by atoms with E-state index in [-0.39, 0.29) is 18.5 Å². The molecule has 1 aromatic rings. The van der Waals surface area contributed by atoms with E-state index < -0.39 is 5.54 Å². The third-order valence-corrected chi connectivity index (χ3v) is 4.63. The van der Waals surface area contributed by atoms with Crippen LogP contribution >= 0.6 is 23.2 Å². The van der Waals surface area contributed by atoms with E-state index >= 15 is 0 Å². The molecule has 2 fully saturated rings. The third kappa shape index (κ3) is 2.61. The fourth-order valence-electron chi connectivity index (χ4n) is 2.83. The molecule has 0 unspecified atom stereocenters. The number of hydrogen-bond acceptors (Lipinski definition) is 3. The van der Waals surface area contributed by atoms with Crippen LogP contribution in [-0.2, 0) is 11.3 Å². The molecular formula is C14H15Cl2N3O2. The van der Waals surface area contributed by atoms with Crippen LogP contribution in [0.2, 0.25) is 10.0 Å². The molecule has 2 aliphatic rings. The van der Waals surface area contributed by atoms with Crippen LogP contribution in [0.4, 0.5) is 4.79 Å².